The number of nitrogens with one attached hydrogen (secondary N) is 1. The van der Waals surface area contributed by atoms with Crippen molar-refractivity contribution in [2.45, 2.75) is 6.54 Å². The van der Waals surface area contributed by atoms with E-state index in [1.165, 1.54) is 38.3 Å². The van der Waals surface area contributed by atoms with E-state index in [0.29, 0.717) is 17.1 Å². The largest absolute Gasteiger partial charge is 0.493 e. The van der Waals surface area contributed by atoms with Crippen LogP contribution in [0, 0.1) is 5.82 Å². The molecule has 7 nitrogen and oxygen atoms in total. The third-order valence-electron chi connectivity index (χ3n) is 4.19. The predicted molar refractivity (Wildman–Crippen MR) is 107 cm³/mol. The van der Waals surface area contributed by atoms with E-state index < -0.39 is 5.91 Å². The van der Waals surface area contributed by atoms with Crippen LogP contribution in [0.1, 0.15) is 15.9 Å². The zero-order valence-electron chi connectivity index (χ0n) is 16.0. The lowest BCUT2D eigenvalue weighted by Crippen LogP contribution is -2.15. The molecule has 3 rings (SSSR count). The number of rotatable bonds is 7. The second-order valence-electron chi connectivity index (χ2n) is 5.95. The number of methoxy groups -OCH3 is 3. The van der Waals surface area contributed by atoms with Crippen LogP contribution in [-0.4, -0.2) is 37.0 Å². The van der Waals surface area contributed by atoms with Gasteiger partial charge in [0.15, 0.2) is 17.3 Å². The lowest BCUT2D eigenvalue weighted by atomic mass is 10.1. The lowest BCUT2D eigenvalue weighted by molar-refractivity contribution is 0.102. The Morgan fingerprint density at radius 3 is 2.48 bits per heavy atom. The summed E-state index contributed by atoms with van der Waals surface area (Å²) in [6.45, 7) is 0.169. The number of carbonyl (C=O) groups excluding carboxylic acids is 1. The first-order valence-corrected chi connectivity index (χ1v) is 8.93. The summed E-state index contributed by atoms with van der Waals surface area (Å²) in [7, 11) is 4.35. The third kappa shape index (κ3) is 4.27. The number of amides is 1. The Labute approximate surface area is 171 Å². The molecule has 0 saturated carbocycles. The first-order valence-electron chi connectivity index (χ1n) is 8.55. The second kappa shape index (κ2) is 8.83. The van der Waals surface area contributed by atoms with E-state index in [9.17, 15) is 9.18 Å². The van der Waals surface area contributed by atoms with Gasteiger partial charge in [-0.15, -0.1) is 0 Å². The molecule has 0 aliphatic carbocycles. The normalized spacial score (nSPS) is 10.5. The predicted octanol–water partition coefficient (Wildman–Crippen LogP) is 4.00. The Hall–Kier alpha value is -3.26. The van der Waals surface area contributed by atoms with Crippen LogP contribution >= 0.6 is 11.6 Å². The summed E-state index contributed by atoms with van der Waals surface area (Å²) in [6, 6.07) is 9.49. The molecule has 0 unspecified atom stereocenters. The molecular formula is C20H19ClFN3O4. The summed E-state index contributed by atoms with van der Waals surface area (Å²) in [5.74, 6) is 0.226. The lowest BCUT2D eigenvalue weighted by Gasteiger charge is -2.15. The molecule has 1 amide bonds. The minimum absolute atomic E-state index is 0.143. The number of anilines is 1. The van der Waals surface area contributed by atoms with Crippen LogP contribution in [-0.2, 0) is 6.54 Å². The first kappa shape index (κ1) is 20.5. The van der Waals surface area contributed by atoms with Gasteiger partial charge in [0.1, 0.15) is 10.8 Å². The van der Waals surface area contributed by atoms with Gasteiger partial charge in [-0.05, 0) is 18.2 Å². The van der Waals surface area contributed by atoms with Gasteiger partial charge < -0.3 is 19.5 Å². The van der Waals surface area contributed by atoms with E-state index in [0.717, 1.165) is 0 Å². The van der Waals surface area contributed by atoms with E-state index in [-0.39, 0.29) is 34.5 Å². The fourth-order valence-electron chi connectivity index (χ4n) is 2.82. The van der Waals surface area contributed by atoms with Crippen molar-refractivity contribution in [2.24, 2.45) is 0 Å². The van der Waals surface area contributed by atoms with Gasteiger partial charge in [-0.3, -0.25) is 9.48 Å². The van der Waals surface area contributed by atoms with Crippen molar-refractivity contribution >= 4 is 23.3 Å². The van der Waals surface area contributed by atoms with Gasteiger partial charge in [0.25, 0.3) is 5.91 Å². The molecule has 0 radical (unpaired) electrons. The Morgan fingerprint density at radius 2 is 1.83 bits per heavy atom. The van der Waals surface area contributed by atoms with Gasteiger partial charge in [0.05, 0.1) is 33.4 Å². The van der Waals surface area contributed by atoms with Crippen molar-refractivity contribution in [3.63, 3.8) is 0 Å². The van der Waals surface area contributed by atoms with Crippen molar-refractivity contribution in [2.75, 3.05) is 26.6 Å². The Balaban J connectivity index is 1.85. The minimum atomic E-state index is -0.499. The zero-order valence-corrected chi connectivity index (χ0v) is 16.8. The summed E-state index contributed by atoms with van der Waals surface area (Å²) in [4.78, 5) is 12.8. The number of benzene rings is 2. The van der Waals surface area contributed by atoms with E-state index in [1.807, 2.05) is 0 Å². The van der Waals surface area contributed by atoms with Gasteiger partial charge in [0.2, 0.25) is 5.75 Å². The number of carbonyl (C=O) groups is 1. The maximum absolute atomic E-state index is 13.9. The smallest absolute Gasteiger partial charge is 0.260 e. The molecule has 0 atom stereocenters. The maximum atomic E-state index is 13.9. The van der Waals surface area contributed by atoms with Crippen LogP contribution in [0.3, 0.4) is 0 Å². The molecule has 1 aromatic heterocycles. The number of halogens is 2. The SMILES string of the molecule is COc1ccc(C(=O)Nc2nn(Cc3ccccc3F)cc2Cl)c(OC)c1OC. The molecule has 0 spiro atoms. The standard InChI is InChI=1S/C20H19ClFN3O4/c1-27-16-9-8-13(17(28-2)18(16)29-3)20(26)23-19-14(21)11-25(24-19)10-12-6-4-5-7-15(12)22/h4-9,11H,10H2,1-3H3,(H,23,24,26). The molecule has 1 heterocycles. The molecule has 152 valence electrons. The monoisotopic (exact) mass is 419 g/mol. The van der Waals surface area contributed by atoms with Crippen LogP contribution in [0.25, 0.3) is 0 Å². The highest BCUT2D eigenvalue weighted by Gasteiger charge is 2.22. The highest BCUT2D eigenvalue weighted by molar-refractivity contribution is 6.33. The van der Waals surface area contributed by atoms with Crippen LogP contribution < -0.4 is 19.5 Å². The second-order valence-corrected chi connectivity index (χ2v) is 6.36. The van der Waals surface area contributed by atoms with Crippen molar-refractivity contribution in [3.8, 4) is 17.2 Å². The van der Waals surface area contributed by atoms with Gasteiger partial charge >= 0.3 is 0 Å². The molecular weight excluding hydrogens is 401 g/mol. The third-order valence-corrected chi connectivity index (χ3v) is 4.46. The maximum Gasteiger partial charge on any atom is 0.260 e. The fourth-order valence-corrected chi connectivity index (χ4v) is 3.02. The molecule has 0 bridgehead atoms. The van der Waals surface area contributed by atoms with Crippen LogP contribution in [0.2, 0.25) is 5.02 Å². The Kier molecular flexibility index (Phi) is 6.23. The van der Waals surface area contributed by atoms with Crippen molar-refractivity contribution in [3.05, 3.63) is 64.6 Å². The first-order chi connectivity index (χ1) is 14.0. The van der Waals surface area contributed by atoms with Gasteiger partial charge in [-0.25, -0.2) is 4.39 Å². The summed E-state index contributed by atoms with van der Waals surface area (Å²) >= 11 is 6.19. The molecule has 29 heavy (non-hydrogen) atoms. The van der Waals surface area contributed by atoms with Crippen molar-refractivity contribution in [1.82, 2.24) is 9.78 Å². The van der Waals surface area contributed by atoms with Crippen LogP contribution in [0.15, 0.2) is 42.6 Å². The summed E-state index contributed by atoms with van der Waals surface area (Å²) in [6.07, 6.45) is 1.51. The minimum Gasteiger partial charge on any atom is -0.493 e. The quantitative estimate of drug-likeness (QED) is 0.626. The van der Waals surface area contributed by atoms with Gasteiger partial charge in [-0.1, -0.05) is 29.8 Å². The van der Waals surface area contributed by atoms with E-state index in [4.69, 9.17) is 25.8 Å². The van der Waals surface area contributed by atoms with Gasteiger partial charge in [0, 0.05) is 11.8 Å². The highest BCUT2D eigenvalue weighted by atomic mass is 35.5. The number of nitrogens with zero attached hydrogens (tertiary/aromatic N) is 2. The van der Waals surface area contributed by atoms with Crippen molar-refractivity contribution < 1.29 is 23.4 Å². The van der Waals surface area contributed by atoms with Crippen molar-refractivity contribution in [1.29, 1.82) is 0 Å². The van der Waals surface area contributed by atoms with Gasteiger partial charge in [-0.2, -0.15) is 5.10 Å². The topological polar surface area (TPSA) is 74.6 Å². The van der Waals surface area contributed by atoms with Crippen LogP contribution in [0.4, 0.5) is 10.2 Å². The number of ether oxygens (including phenoxy) is 3. The average Bonchev–Trinajstić information content (AvgIpc) is 3.06. The number of aromatic nitrogens is 2. The zero-order chi connectivity index (χ0) is 21.0. The molecule has 0 aliphatic heterocycles. The Morgan fingerprint density at radius 1 is 1.10 bits per heavy atom. The summed E-state index contributed by atoms with van der Waals surface area (Å²) < 4.78 is 31.1. The molecule has 2 aromatic carbocycles. The molecule has 0 saturated heterocycles. The molecule has 0 aliphatic rings. The summed E-state index contributed by atoms with van der Waals surface area (Å²) in [5.41, 5.74) is 0.663. The molecule has 1 N–H and O–H groups in total. The average molecular weight is 420 g/mol. The van der Waals surface area contributed by atoms with E-state index in [1.54, 1.807) is 30.3 Å². The van der Waals surface area contributed by atoms with Crippen LogP contribution in [0.5, 0.6) is 17.2 Å². The molecule has 9 heteroatoms. The summed E-state index contributed by atoms with van der Waals surface area (Å²) in [5, 5.41) is 7.09. The highest BCUT2D eigenvalue weighted by Crippen LogP contribution is 2.40. The molecule has 0 fully saturated rings. The van der Waals surface area contributed by atoms with E-state index in [2.05, 4.69) is 10.4 Å². The van der Waals surface area contributed by atoms with E-state index >= 15 is 0 Å². The Bertz CT molecular complexity index is 1040. The number of hydrogen-bond acceptors (Lipinski definition) is 5. The number of hydrogen-bond donors (Lipinski definition) is 1. The molecule has 3 aromatic rings. The fraction of sp³-hybridized carbons (Fsp3) is 0.200.